The maximum atomic E-state index is 13.8. The third-order valence-electron chi connectivity index (χ3n) is 3.87. The number of amides is 1. The molecular weight excluding hydrogens is 333 g/mol. The Balaban J connectivity index is 1.98. The van der Waals surface area contributed by atoms with Crippen molar-refractivity contribution in [2.45, 2.75) is 12.8 Å². The number of nitriles is 1. The van der Waals surface area contributed by atoms with Crippen LogP contribution in [-0.4, -0.2) is 16.7 Å². The number of aromatic nitrogens is 1. The average molecular weight is 347 g/mol. The number of nitrogens with zero attached hydrogens (tertiary/aromatic N) is 2. The van der Waals surface area contributed by atoms with Crippen LogP contribution < -0.4 is 5.32 Å². The Morgan fingerprint density at radius 3 is 2.65 bits per heavy atom. The second-order valence-electron chi connectivity index (χ2n) is 5.73. The first-order valence-electron chi connectivity index (χ1n) is 7.86. The number of halogens is 1. The van der Waals surface area contributed by atoms with Crippen LogP contribution in [0.4, 0.5) is 10.1 Å². The zero-order chi connectivity index (χ0) is 18.7. The van der Waals surface area contributed by atoms with Crippen molar-refractivity contribution in [3.63, 3.8) is 0 Å². The van der Waals surface area contributed by atoms with Crippen LogP contribution in [0, 0.1) is 17.1 Å². The summed E-state index contributed by atoms with van der Waals surface area (Å²) in [5.41, 5.74) is 1.01. The van der Waals surface area contributed by atoms with Crippen LogP contribution in [0.2, 0.25) is 0 Å². The summed E-state index contributed by atoms with van der Waals surface area (Å²) in [4.78, 5) is 28.3. The highest BCUT2D eigenvalue weighted by Gasteiger charge is 2.24. The van der Waals surface area contributed by atoms with E-state index >= 15 is 0 Å². The zero-order valence-corrected chi connectivity index (χ0v) is 13.9. The summed E-state index contributed by atoms with van der Waals surface area (Å²) in [6.07, 6.45) is 0. The molecule has 0 saturated carbocycles. The molecule has 128 valence electrons. The number of carbonyl (C=O) groups excluding carboxylic acids is 2. The normalized spacial score (nSPS) is 11.6. The second-order valence-corrected chi connectivity index (χ2v) is 5.73. The van der Waals surface area contributed by atoms with E-state index in [4.69, 9.17) is 0 Å². The van der Waals surface area contributed by atoms with E-state index in [-0.39, 0.29) is 11.3 Å². The molecule has 1 aromatic heterocycles. The smallest absolute Gasteiger partial charge is 0.221 e. The lowest BCUT2D eigenvalue weighted by atomic mass is 9.94. The molecule has 5 nitrogen and oxygen atoms in total. The summed E-state index contributed by atoms with van der Waals surface area (Å²) in [6.45, 7) is 1.24. The number of ketones is 1. The minimum atomic E-state index is -1.13. The van der Waals surface area contributed by atoms with E-state index in [2.05, 4.69) is 10.3 Å². The lowest BCUT2D eigenvalue weighted by Crippen LogP contribution is -2.14. The highest BCUT2D eigenvalue weighted by Crippen LogP contribution is 2.24. The zero-order valence-electron chi connectivity index (χ0n) is 13.9. The van der Waals surface area contributed by atoms with E-state index in [1.807, 2.05) is 24.3 Å². The Kier molecular flexibility index (Phi) is 4.72. The molecule has 1 atom stereocenters. The van der Waals surface area contributed by atoms with Crippen LogP contribution in [0.1, 0.15) is 28.9 Å². The monoisotopic (exact) mass is 347 g/mol. The van der Waals surface area contributed by atoms with Gasteiger partial charge in [0.2, 0.25) is 5.91 Å². The van der Waals surface area contributed by atoms with E-state index in [1.54, 1.807) is 18.2 Å². The van der Waals surface area contributed by atoms with Crippen molar-refractivity contribution < 1.29 is 14.0 Å². The first-order chi connectivity index (χ1) is 12.5. The molecular formula is C20H14FN3O2. The second kappa shape index (κ2) is 7.11. The molecule has 0 fully saturated rings. The van der Waals surface area contributed by atoms with Gasteiger partial charge in [0.25, 0.3) is 0 Å². The highest BCUT2D eigenvalue weighted by molar-refractivity contribution is 6.04. The summed E-state index contributed by atoms with van der Waals surface area (Å²) >= 11 is 0. The van der Waals surface area contributed by atoms with Crippen molar-refractivity contribution in [2.24, 2.45) is 0 Å². The van der Waals surface area contributed by atoms with Crippen LogP contribution in [0.5, 0.6) is 0 Å². The molecule has 0 aliphatic carbocycles. The number of pyridine rings is 1. The van der Waals surface area contributed by atoms with Gasteiger partial charge in [-0.2, -0.15) is 5.26 Å². The summed E-state index contributed by atoms with van der Waals surface area (Å²) in [5.74, 6) is -2.76. The Labute approximate surface area is 149 Å². The Hall–Kier alpha value is -3.59. The van der Waals surface area contributed by atoms with Crippen LogP contribution in [0.15, 0.2) is 54.6 Å². The molecule has 6 heteroatoms. The third-order valence-corrected chi connectivity index (χ3v) is 3.87. The van der Waals surface area contributed by atoms with Gasteiger partial charge in [-0.15, -0.1) is 0 Å². The molecule has 0 saturated heterocycles. The number of fused-ring (bicyclic) bond motifs is 1. The van der Waals surface area contributed by atoms with Gasteiger partial charge in [0.15, 0.2) is 11.7 Å². The summed E-state index contributed by atoms with van der Waals surface area (Å²) < 4.78 is 13.8. The fourth-order valence-corrected chi connectivity index (χ4v) is 2.63. The molecule has 3 aromatic rings. The van der Waals surface area contributed by atoms with Gasteiger partial charge in [0.05, 0.1) is 23.0 Å². The van der Waals surface area contributed by atoms with Crippen molar-refractivity contribution in [3.05, 3.63) is 71.7 Å². The largest absolute Gasteiger partial charge is 0.324 e. The van der Waals surface area contributed by atoms with Gasteiger partial charge >= 0.3 is 0 Å². The molecule has 0 aliphatic heterocycles. The molecule has 3 rings (SSSR count). The van der Waals surface area contributed by atoms with E-state index in [9.17, 15) is 19.2 Å². The predicted octanol–water partition coefficient (Wildman–Crippen LogP) is 3.82. The van der Waals surface area contributed by atoms with Crippen molar-refractivity contribution in [1.82, 2.24) is 4.98 Å². The van der Waals surface area contributed by atoms with Gasteiger partial charge in [-0.25, -0.2) is 4.39 Å². The van der Waals surface area contributed by atoms with Crippen LogP contribution in [0.3, 0.4) is 0 Å². The standard InChI is InChI=1S/C20H14FN3O2/c1-12(25)23-19-10-14(6-8-16(19)21)20(26)15(11-22)18-9-7-13-4-2-3-5-17(13)24-18/h2-10,15H,1H3,(H,23,25)/t15-/m0/s1. The number of hydrogen-bond donors (Lipinski definition) is 1. The quantitative estimate of drug-likeness (QED) is 0.727. The maximum Gasteiger partial charge on any atom is 0.221 e. The topological polar surface area (TPSA) is 82.9 Å². The van der Waals surface area contributed by atoms with Gasteiger partial charge in [-0.05, 0) is 30.3 Å². The summed E-state index contributed by atoms with van der Waals surface area (Å²) in [6, 6.07) is 16.4. The number of anilines is 1. The number of benzene rings is 2. The number of Topliss-reactive ketones (excluding diaryl/α,β-unsaturated/α-hetero) is 1. The van der Waals surface area contributed by atoms with E-state index < -0.39 is 23.4 Å². The molecule has 0 unspecified atom stereocenters. The van der Waals surface area contributed by atoms with Crippen LogP contribution >= 0.6 is 0 Å². The molecule has 0 bridgehead atoms. The minimum Gasteiger partial charge on any atom is -0.324 e. The van der Waals surface area contributed by atoms with Crippen molar-refractivity contribution in [3.8, 4) is 6.07 Å². The third kappa shape index (κ3) is 3.42. The predicted molar refractivity (Wildman–Crippen MR) is 95.1 cm³/mol. The number of rotatable bonds is 4. The van der Waals surface area contributed by atoms with E-state index in [0.717, 1.165) is 11.5 Å². The van der Waals surface area contributed by atoms with E-state index in [0.29, 0.717) is 11.2 Å². The van der Waals surface area contributed by atoms with Gasteiger partial charge in [0.1, 0.15) is 5.82 Å². The fraction of sp³-hybridized carbons (Fsp3) is 0.100. The molecule has 2 aromatic carbocycles. The minimum absolute atomic E-state index is 0.105. The van der Waals surface area contributed by atoms with Crippen molar-refractivity contribution in [2.75, 3.05) is 5.32 Å². The SMILES string of the molecule is CC(=O)Nc1cc(C(=O)[C@@H](C#N)c2ccc3ccccc3n2)ccc1F. The van der Waals surface area contributed by atoms with E-state index in [1.165, 1.54) is 19.1 Å². The molecule has 26 heavy (non-hydrogen) atoms. The lowest BCUT2D eigenvalue weighted by molar-refractivity contribution is -0.114. The van der Waals surface area contributed by atoms with Gasteiger partial charge in [-0.1, -0.05) is 24.3 Å². The van der Waals surface area contributed by atoms with Crippen molar-refractivity contribution >= 4 is 28.3 Å². The Bertz CT molecular complexity index is 1060. The van der Waals surface area contributed by atoms with Gasteiger partial charge < -0.3 is 5.32 Å². The maximum absolute atomic E-state index is 13.8. The molecule has 0 aliphatic rings. The number of nitrogens with one attached hydrogen (secondary N) is 1. The summed E-state index contributed by atoms with van der Waals surface area (Å²) in [7, 11) is 0. The first-order valence-corrected chi connectivity index (χ1v) is 7.86. The van der Waals surface area contributed by atoms with Gasteiger partial charge in [0, 0.05) is 17.9 Å². The number of carbonyl (C=O) groups is 2. The molecule has 0 spiro atoms. The molecule has 1 N–H and O–H groups in total. The Morgan fingerprint density at radius 1 is 1.15 bits per heavy atom. The Morgan fingerprint density at radius 2 is 1.92 bits per heavy atom. The molecule has 0 radical (unpaired) electrons. The number of para-hydroxylation sites is 1. The van der Waals surface area contributed by atoms with Crippen LogP contribution in [0.25, 0.3) is 10.9 Å². The van der Waals surface area contributed by atoms with Gasteiger partial charge in [-0.3, -0.25) is 14.6 Å². The highest BCUT2D eigenvalue weighted by atomic mass is 19.1. The van der Waals surface area contributed by atoms with Crippen molar-refractivity contribution in [1.29, 1.82) is 5.26 Å². The molecule has 1 amide bonds. The lowest BCUT2D eigenvalue weighted by Gasteiger charge is -2.11. The first kappa shape index (κ1) is 17.2. The number of hydrogen-bond acceptors (Lipinski definition) is 4. The average Bonchev–Trinajstić information content (AvgIpc) is 2.63. The van der Waals surface area contributed by atoms with Crippen LogP contribution in [-0.2, 0) is 4.79 Å². The summed E-state index contributed by atoms with van der Waals surface area (Å²) in [5, 5.41) is 12.7. The fourth-order valence-electron chi connectivity index (χ4n) is 2.63. The molecule has 1 heterocycles.